The zero-order valence-electron chi connectivity index (χ0n) is 9.96. The largest absolute Gasteiger partial charge is 0.329 e. The van der Waals surface area contributed by atoms with Crippen LogP contribution in [0, 0.1) is 5.92 Å². The maximum Gasteiger partial charge on any atom is 0.234 e. The molecular weight excluding hydrogens is 234 g/mol. The Labute approximate surface area is 104 Å². The van der Waals surface area contributed by atoms with Crippen molar-refractivity contribution in [1.29, 1.82) is 0 Å². The summed E-state index contributed by atoms with van der Waals surface area (Å²) >= 11 is 1.63. The SMILES string of the molecule is CC1CCC(CN)(c2nn3cnnc3s2)CC1. The number of nitrogens with zero attached hydrogens (tertiary/aromatic N) is 4. The summed E-state index contributed by atoms with van der Waals surface area (Å²) in [7, 11) is 0. The van der Waals surface area contributed by atoms with Gasteiger partial charge in [0.2, 0.25) is 4.96 Å². The molecule has 0 aromatic carbocycles. The first-order valence-electron chi connectivity index (χ1n) is 6.11. The molecule has 0 spiro atoms. The van der Waals surface area contributed by atoms with Crippen LogP contribution in [0.5, 0.6) is 0 Å². The second kappa shape index (κ2) is 4.03. The van der Waals surface area contributed by atoms with Crippen molar-refractivity contribution >= 4 is 16.3 Å². The van der Waals surface area contributed by atoms with Gasteiger partial charge in [0.05, 0.1) is 0 Å². The molecule has 2 heterocycles. The lowest BCUT2D eigenvalue weighted by Gasteiger charge is -2.36. The van der Waals surface area contributed by atoms with Crippen LogP contribution in [0.4, 0.5) is 0 Å². The standard InChI is InChI=1S/C11H17N5S/c1-8-2-4-11(6-12,5-3-8)9-15-16-7-13-14-10(16)17-9/h7-8H,2-6,12H2,1H3. The summed E-state index contributed by atoms with van der Waals surface area (Å²) < 4.78 is 1.76. The quantitative estimate of drug-likeness (QED) is 0.880. The van der Waals surface area contributed by atoms with Crippen LogP contribution >= 0.6 is 11.3 Å². The van der Waals surface area contributed by atoms with Crippen LogP contribution < -0.4 is 5.73 Å². The maximum atomic E-state index is 6.03. The normalized spacial score (nSPS) is 29.9. The van der Waals surface area contributed by atoms with Gasteiger partial charge in [-0.1, -0.05) is 18.3 Å². The molecule has 92 valence electrons. The predicted octanol–water partition coefficient (Wildman–Crippen LogP) is 1.59. The molecule has 3 rings (SSSR count). The van der Waals surface area contributed by atoms with E-state index >= 15 is 0 Å². The molecule has 1 aliphatic rings. The van der Waals surface area contributed by atoms with Gasteiger partial charge in [0.15, 0.2) is 0 Å². The minimum Gasteiger partial charge on any atom is -0.329 e. The van der Waals surface area contributed by atoms with E-state index in [1.165, 1.54) is 12.8 Å². The Morgan fingerprint density at radius 1 is 1.53 bits per heavy atom. The average Bonchev–Trinajstić information content (AvgIpc) is 2.91. The van der Waals surface area contributed by atoms with Gasteiger partial charge >= 0.3 is 0 Å². The molecule has 2 aromatic heterocycles. The fraction of sp³-hybridized carbons (Fsp3) is 0.727. The van der Waals surface area contributed by atoms with E-state index in [-0.39, 0.29) is 5.41 Å². The summed E-state index contributed by atoms with van der Waals surface area (Å²) in [4.78, 5) is 0.867. The van der Waals surface area contributed by atoms with E-state index in [2.05, 4.69) is 22.2 Å². The molecule has 0 radical (unpaired) electrons. The molecule has 0 atom stereocenters. The molecule has 17 heavy (non-hydrogen) atoms. The highest BCUT2D eigenvalue weighted by molar-refractivity contribution is 7.16. The van der Waals surface area contributed by atoms with Crippen LogP contribution in [0.15, 0.2) is 6.33 Å². The minimum absolute atomic E-state index is 0.0812. The van der Waals surface area contributed by atoms with Gasteiger partial charge in [0, 0.05) is 12.0 Å². The third-order valence-electron chi connectivity index (χ3n) is 3.96. The van der Waals surface area contributed by atoms with Crippen LogP contribution in [0.25, 0.3) is 4.96 Å². The number of hydrogen-bond donors (Lipinski definition) is 1. The van der Waals surface area contributed by atoms with Crippen molar-refractivity contribution in [3.05, 3.63) is 11.3 Å². The molecule has 5 nitrogen and oxygen atoms in total. The smallest absolute Gasteiger partial charge is 0.234 e. The van der Waals surface area contributed by atoms with Gasteiger partial charge in [-0.05, 0) is 31.6 Å². The number of nitrogens with two attached hydrogens (primary N) is 1. The Morgan fingerprint density at radius 3 is 2.94 bits per heavy atom. The fourth-order valence-electron chi connectivity index (χ4n) is 2.59. The Kier molecular flexibility index (Phi) is 2.63. The predicted molar refractivity (Wildman–Crippen MR) is 67.0 cm³/mol. The second-order valence-electron chi connectivity index (χ2n) is 5.13. The third kappa shape index (κ3) is 1.75. The summed E-state index contributed by atoms with van der Waals surface area (Å²) in [5, 5.41) is 13.6. The van der Waals surface area contributed by atoms with Gasteiger partial charge in [0.1, 0.15) is 11.3 Å². The first-order valence-corrected chi connectivity index (χ1v) is 6.92. The highest BCUT2D eigenvalue weighted by Crippen LogP contribution is 2.42. The van der Waals surface area contributed by atoms with E-state index < -0.39 is 0 Å². The molecular formula is C11H17N5S. The van der Waals surface area contributed by atoms with Crippen molar-refractivity contribution in [2.45, 2.75) is 38.0 Å². The molecule has 1 aliphatic carbocycles. The van der Waals surface area contributed by atoms with Crippen LogP contribution in [-0.4, -0.2) is 26.4 Å². The Hall–Kier alpha value is -1.01. The van der Waals surface area contributed by atoms with Crippen molar-refractivity contribution in [3.8, 4) is 0 Å². The minimum atomic E-state index is 0.0812. The summed E-state index contributed by atoms with van der Waals surface area (Å²) in [6.45, 7) is 3.00. The molecule has 0 unspecified atom stereocenters. The van der Waals surface area contributed by atoms with Gasteiger partial charge < -0.3 is 5.73 Å². The van der Waals surface area contributed by atoms with E-state index in [4.69, 9.17) is 5.73 Å². The van der Waals surface area contributed by atoms with Gasteiger partial charge in [0.25, 0.3) is 0 Å². The lowest BCUT2D eigenvalue weighted by molar-refractivity contribution is 0.245. The highest BCUT2D eigenvalue weighted by Gasteiger charge is 2.37. The van der Waals surface area contributed by atoms with Crippen LogP contribution in [0.2, 0.25) is 0 Å². The Bertz CT molecular complexity index is 480. The third-order valence-corrected chi connectivity index (χ3v) is 5.12. The number of fused-ring (bicyclic) bond motifs is 1. The topological polar surface area (TPSA) is 69.1 Å². The number of aromatic nitrogens is 4. The molecule has 0 amide bonds. The molecule has 6 heteroatoms. The summed E-state index contributed by atoms with van der Waals surface area (Å²) in [6.07, 6.45) is 6.45. The summed E-state index contributed by atoms with van der Waals surface area (Å²) in [6, 6.07) is 0. The molecule has 0 aliphatic heterocycles. The first-order chi connectivity index (χ1) is 8.23. The molecule has 1 saturated carbocycles. The maximum absolute atomic E-state index is 6.03. The Balaban J connectivity index is 1.97. The van der Waals surface area contributed by atoms with Gasteiger partial charge in [-0.25, -0.2) is 0 Å². The van der Waals surface area contributed by atoms with Crippen molar-refractivity contribution < 1.29 is 0 Å². The summed E-state index contributed by atoms with van der Waals surface area (Å²) in [5.41, 5.74) is 6.11. The highest BCUT2D eigenvalue weighted by atomic mass is 32.1. The molecule has 0 saturated heterocycles. The first kappa shape index (κ1) is 11.1. The summed E-state index contributed by atoms with van der Waals surface area (Å²) in [5.74, 6) is 0.820. The van der Waals surface area contributed by atoms with E-state index in [0.717, 1.165) is 28.7 Å². The zero-order chi connectivity index (χ0) is 11.9. The second-order valence-corrected chi connectivity index (χ2v) is 6.09. The van der Waals surface area contributed by atoms with Gasteiger partial charge in [-0.15, -0.1) is 10.2 Å². The van der Waals surface area contributed by atoms with Crippen molar-refractivity contribution in [2.24, 2.45) is 11.7 Å². The van der Waals surface area contributed by atoms with E-state index in [1.54, 1.807) is 22.2 Å². The monoisotopic (exact) mass is 251 g/mol. The van der Waals surface area contributed by atoms with E-state index in [1.807, 2.05) is 0 Å². The van der Waals surface area contributed by atoms with Crippen molar-refractivity contribution in [2.75, 3.05) is 6.54 Å². The van der Waals surface area contributed by atoms with Gasteiger partial charge in [-0.3, -0.25) is 0 Å². The lowest BCUT2D eigenvalue weighted by Crippen LogP contribution is -2.38. The van der Waals surface area contributed by atoms with Crippen LogP contribution in [-0.2, 0) is 5.41 Å². The average molecular weight is 251 g/mol. The molecule has 0 bridgehead atoms. The lowest BCUT2D eigenvalue weighted by atomic mass is 9.71. The van der Waals surface area contributed by atoms with E-state index in [0.29, 0.717) is 6.54 Å². The van der Waals surface area contributed by atoms with Crippen LogP contribution in [0.1, 0.15) is 37.6 Å². The zero-order valence-corrected chi connectivity index (χ0v) is 10.8. The molecule has 1 fully saturated rings. The molecule has 2 N–H and O–H groups in total. The Morgan fingerprint density at radius 2 is 2.29 bits per heavy atom. The number of hydrogen-bond acceptors (Lipinski definition) is 5. The van der Waals surface area contributed by atoms with Crippen LogP contribution in [0.3, 0.4) is 0 Å². The molecule has 2 aromatic rings. The number of rotatable bonds is 2. The van der Waals surface area contributed by atoms with Gasteiger partial charge in [-0.2, -0.15) is 9.61 Å². The van der Waals surface area contributed by atoms with Crippen molar-refractivity contribution in [3.63, 3.8) is 0 Å². The van der Waals surface area contributed by atoms with E-state index in [9.17, 15) is 0 Å². The van der Waals surface area contributed by atoms with Crippen molar-refractivity contribution in [1.82, 2.24) is 19.8 Å². The fourth-order valence-corrected chi connectivity index (χ4v) is 3.67.